The molecule has 2 heterocycles. The number of H-pyrrole nitrogens is 1. The van der Waals surface area contributed by atoms with Gasteiger partial charge in [-0.05, 0) is 59.7 Å². The topological polar surface area (TPSA) is 69.2 Å². The first kappa shape index (κ1) is 17.6. The number of carbonyl (C=O) groups is 1. The van der Waals surface area contributed by atoms with Crippen LogP contribution in [0.15, 0.2) is 42.7 Å². The molecule has 5 nitrogen and oxygen atoms in total. The van der Waals surface area contributed by atoms with Crippen LogP contribution in [0.3, 0.4) is 0 Å². The smallest absolute Gasteiger partial charge is 0.254 e. The molecule has 5 heteroatoms. The molecule has 27 heavy (non-hydrogen) atoms. The number of phenolic OH excluding ortho intramolecular Hbond substituents is 1. The number of aromatic amines is 1. The Morgan fingerprint density at radius 2 is 2.00 bits per heavy atom. The summed E-state index contributed by atoms with van der Waals surface area (Å²) in [7, 11) is 0. The van der Waals surface area contributed by atoms with Crippen molar-refractivity contribution in [1.29, 1.82) is 0 Å². The zero-order valence-corrected chi connectivity index (χ0v) is 16.0. The SMILES string of the molecule is CC(C)(C)C1Cc2ccc(O)cc2CCN1C(=O)c1ccc2nc[nH]c2c1. The molecule has 0 bridgehead atoms. The van der Waals surface area contributed by atoms with Crippen LogP contribution < -0.4 is 0 Å². The summed E-state index contributed by atoms with van der Waals surface area (Å²) in [5.41, 5.74) is 4.69. The van der Waals surface area contributed by atoms with Gasteiger partial charge in [-0.2, -0.15) is 0 Å². The van der Waals surface area contributed by atoms with Crippen molar-refractivity contribution in [3.8, 4) is 5.75 Å². The molecule has 2 N–H and O–H groups in total. The number of imidazole rings is 1. The number of rotatable bonds is 1. The Morgan fingerprint density at radius 1 is 1.19 bits per heavy atom. The Hall–Kier alpha value is -2.82. The van der Waals surface area contributed by atoms with E-state index in [0.29, 0.717) is 12.1 Å². The second-order valence-corrected chi connectivity index (χ2v) is 8.42. The van der Waals surface area contributed by atoms with Crippen molar-refractivity contribution in [2.45, 2.75) is 39.7 Å². The van der Waals surface area contributed by atoms with Gasteiger partial charge in [-0.25, -0.2) is 4.98 Å². The van der Waals surface area contributed by atoms with Gasteiger partial charge in [0, 0.05) is 18.2 Å². The van der Waals surface area contributed by atoms with Gasteiger partial charge in [-0.15, -0.1) is 0 Å². The lowest BCUT2D eigenvalue weighted by Crippen LogP contribution is -2.48. The highest BCUT2D eigenvalue weighted by atomic mass is 16.3. The second kappa shape index (κ2) is 6.41. The lowest BCUT2D eigenvalue weighted by molar-refractivity contribution is 0.0532. The normalized spacial score (nSPS) is 17.6. The molecule has 2 aromatic carbocycles. The largest absolute Gasteiger partial charge is 0.508 e. The van der Waals surface area contributed by atoms with Crippen LogP contribution in [0.1, 0.15) is 42.3 Å². The minimum atomic E-state index is -0.0623. The minimum absolute atomic E-state index is 0.0449. The first-order chi connectivity index (χ1) is 12.8. The molecule has 1 aromatic heterocycles. The highest BCUT2D eigenvalue weighted by Crippen LogP contribution is 2.33. The van der Waals surface area contributed by atoms with E-state index in [0.717, 1.165) is 29.4 Å². The molecule has 0 saturated heterocycles. The van der Waals surface area contributed by atoms with E-state index >= 15 is 0 Å². The van der Waals surface area contributed by atoms with Crippen LogP contribution in [0, 0.1) is 5.41 Å². The van der Waals surface area contributed by atoms with Gasteiger partial charge in [0.05, 0.1) is 17.4 Å². The lowest BCUT2D eigenvalue weighted by Gasteiger charge is -2.39. The Labute approximate surface area is 159 Å². The first-order valence-electron chi connectivity index (χ1n) is 9.38. The van der Waals surface area contributed by atoms with Crippen molar-refractivity contribution in [3.63, 3.8) is 0 Å². The number of aromatic hydroxyl groups is 1. The van der Waals surface area contributed by atoms with Crippen LogP contribution >= 0.6 is 0 Å². The third-order valence-corrected chi connectivity index (χ3v) is 5.53. The Kier molecular flexibility index (Phi) is 4.17. The fraction of sp³-hybridized carbons (Fsp3) is 0.364. The predicted molar refractivity (Wildman–Crippen MR) is 106 cm³/mol. The number of benzene rings is 2. The third kappa shape index (κ3) is 3.29. The highest BCUT2D eigenvalue weighted by molar-refractivity contribution is 5.97. The minimum Gasteiger partial charge on any atom is -0.508 e. The number of fused-ring (bicyclic) bond motifs is 2. The van der Waals surface area contributed by atoms with Crippen LogP contribution in [-0.4, -0.2) is 38.5 Å². The zero-order valence-electron chi connectivity index (χ0n) is 16.0. The number of nitrogens with one attached hydrogen (secondary N) is 1. The number of hydrogen-bond acceptors (Lipinski definition) is 3. The Morgan fingerprint density at radius 3 is 2.78 bits per heavy atom. The number of aromatic nitrogens is 2. The average Bonchev–Trinajstić information content (AvgIpc) is 3.00. The molecule has 0 fully saturated rings. The van der Waals surface area contributed by atoms with Crippen LogP contribution in [-0.2, 0) is 12.8 Å². The first-order valence-corrected chi connectivity index (χ1v) is 9.38. The molecule has 1 aliphatic heterocycles. The molecule has 0 saturated carbocycles. The summed E-state index contributed by atoms with van der Waals surface area (Å²) in [6.45, 7) is 7.18. The van der Waals surface area contributed by atoms with E-state index in [4.69, 9.17) is 0 Å². The van der Waals surface area contributed by atoms with Crippen molar-refractivity contribution >= 4 is 16.9 Å². The summed E-state index contributed by atoms with van der Waals surface area (Å²) < 4.78 is 0. The molecule has 3 aromatic rings. The van der Waals surface area contributed by atoms with Gasteiger partial charge in [-0.1, -0.05) is 26.8 Å². The molecule has 0 aliphatic carbocycles. The van der Waals surface area contributed by atoms with Crippen LogP contribution in [0.2, 0.25) is 0 Å². The van der Waals surface area contributed by atoms with E-state index in [1.54, 1.807) is 12.4 Å². The molecule has 1 aliphatic rings. The summed E-state index contributed by atoms with van der Waals surface area (Å²) in [6.07, 6.45) is 3.18. The molecular weight excluding hydrogens is 338 g/mol. The fourth-order valence-electron chi connectivity index (χ4n) is 4.01. The van der Waals surface area contributed by atoms with E-state index in [9.17, 15) is 9.90 Å². The fourth-order valence-corrected chi connectivity index (χ4v) is 4.01. The highest BCUT2D eigenvalue weighted by Gasteiger charge is 2.36. The van der Waals surface area contributed by atoms with Crippen molar-refractivity contribution < 1.29 is 9.90 Å². The van der Waals surface area contributed by atoms with Gasteiger partial charge in [-0.3, -0.25) is 4.79 Å². The molecule has 1 atom stereocenters. The molecule has 0 radical (unpaired) electrons. The quantitative estimate of drug-likeness (QED) is 0.688. The van der Waals surface area contributed by atoms with E-state index < -0.39 is 0 Å². The molecule has 140 valence electrons. The van der Waals surface area contributed by atoms with Gasteiger partial charge in [0.25, 0.3) is 5.91 Å². The van der Waals surface area contributed by atoms with Crippen molar-refractivity contribution in [1.82, 2.24) is 14.9 Å². The van der Waals surface area contributed by atoms with Crippen LogP contribution in [0.25, 0.3) is 11.0 Å². The monoisotopic (exact) mass is 363 g/mol. The number of nitrogens with zero attached hydrogens (tertiary/aromatic N) is 2. The second-order valence-electron chi connectivity index (χ2n) is 8.42. The lowest BCUT2D eigenvalue weighted by atomic mass is 9.81. The van der Waals surface area contributed by atoms with Crippen molar-refractivity contribution in [2.75, 3.05) is 6.54 Å². The van der Waals surface area contributed by atoms with Gasteiger partial charge < -0.3 is 15.0 Å². The maximum Gasteiger partial charge on any atom is 0.254 e. The van der Waals surface area contributed by atoms with Gasteiger partial charge in [0.15, 0.2) is 0 Å². The summed E-state index contributed by atoms with van der Waals surface area (Å²) in [6, 6.07) is 11.3. The zero-order chi connectivity index (χ0) is 19.2. The number of hydrogen-bond donors (Lipinski definition) is 2. The maximum atomic E-state index is 13.4. The summed E-state index contributed by atoms with van der Waals surface area (Å²) in [4.78, 5) is 22.8. The Bertz CT molecular complexity index is 1000. The average molecular weight is 363 g/mol. The summed E-state index contributed by atoms with van der Waals surface area (Å²) >= 11 is 0. The van der Waals surface area contributed by atoms with Crippen molar-refractivity contribution in [3.05, 3.63) is 59.4 Å². The number of amides is 1. The van der Waals surface area contributed by atoms with Crippen LogP contribution in [0.5, 0.6) is 5.75 Å². The van der Waals surface area contributed by atoms with Crippen molar-refractivity contribution in [2.24, 2.45) is 5.41 Å². The van der Waals surface area contributed by atoms with E-state index in [-0.39, 0.29) is 23.1 Å². The van der Waals surface area contributed by atoms with Gasteiger partial charge in [0.2, 0.25) is 0 Å². The predicted octanol–water partition coefficient (Wildman–Crippen LogP) is 3.92. The van der Waals surface area contributed by atoms with E-state index in [1.807, 2.05) is 35.2 Å². The standard InChI is InChI=1S/C22H25N3O2/c1-22(2,3)20-12-14-4-6-17(26)10-15(14)8-9-25(20)21(27)16-5-7-18-19(11-16)24-13-23-18/h4-7,10-11,13,20,26H,8-9,12H2,1-3H3,(H,23,24). The third-order valence-electron chi connectivity index (χ3n) is 5.53. The Balaban J connectivity index is 1.72. The molecular formula is C22H25N3O2. The van der Waals surface area contributed by atoms with Crippen LogP contribution in [0.4, 0.5) is 0 Å². The molecule has 4 rings (SSSR count). The van der Waals surface area contributed by atoms with Gasteiger partial charge in [0.1, 0.15) is 5.75 Å². The van der Waals surface area contributed by atoms with Gasteiger partial charge >= 0.3 is 0 Å². The number of carbonyl (C=O) groups excluding carboxylic acids is 1. The maximum absolute atomic E-state index is 13.4. The molecule has 1 unspecified atom stereocenters. The van der Waals surface area contributed by atoms with E-state index in [2.05, 4.69) is 30.7 Å². The molecule has 0 spiro atoms. The summed E-state index contributed by atoms with van der Waals surface area (Å²) in [5.74, 6) is 0.328. The number of phenols is 1. The molecule has 1 amide bonds. The van der Waals surface area contributed by atoms with E-state index in [1.165, 1.54) is 5.56 Å². The summed E-state index contributed by atoms with van der Waals surface area (Å²) in [5, 5.41) is 9.85.